The summed E-state index contributed by atoms with van der Waals surface area (Å²) in [5.41, 5.74) is 10.5. The Morgan fingerprint density at radius 1 is 1.33 bits per heavy atom. The summed E-state index contributed by atoms with van der Waals surface area (Å²) in [4.78, 5) is 11.8. The molecule has 1 aromatic rings. The minimum atomic E-state index is -0.183. The van der Waals surface area contributed by atoms with Crippen LogP contribution in [0.25, 0.3) is 0 Å². The number of nitrogens with zero attached hydrogens (tertiary/aromatic N) is 1. The van der Waals surface area contributed by atoms with Crippen molar-refractivity contribution in [2.24, 2.45) is 16.9 Å². The molecule has 18 heavy (non-hydrogen) atoms. The summed E-state index contributed by atoms with van der Waals surface area (Å²) >= 11 is 0. The maximum atomic E-state index is 11.8. The van der Waals surface area contributed by atoms with Crippen molar-refractivity contribution in [1.82, 2.24) is 5.43 Å². The van der Waals surface area contributed by atoms with Crippen molar-refractivity contribution in [2.75, 3.05) is 5.73 Å². The molecule has 1 amide bonds. The third-order valence-electron chi connectivity index (χ3n) is 3.64. The minimum Gasteiger partial charge on any atom is -0.399 e. The molecule has 4 heteroatoms. The highest BCUT2D eigenvalue weighted by Gasteiger charge is 2.37. The second kappa shape index (κ2) is 4.29. The van der Waals surface area contributed by atoms with Gasteiger partial charge in [0, 0.05) is 22.9 Å². The van der Waals surface area contributed by atoms with E-state index in [2.05, 4.69) is 22.7 Å². The number of amides is 1. The Morgan fingerprint density at radius 2 is 2.11 bits per heavy atom. The van der Waals surface area contributed by atoms with E-state index in [1.165, 1.54) is 0 Å². The van der Waals surface area contributed by atoms with Gasteiger partial charge in [-0.25, -0.2) is 5.43 Å². The van der Waals surface area contributed by atoms with Crippen LogP contribution in [0, 0.1) is 11.8 Å². The minimum absolute atomic E-state index is 0.183. The number of hydrogen-bond acceptors (Lipinski definition) is 3. The van der Waals surface area contributed by atoms with E-state index in [0.717, 1.165) is 18.6 Å². The SMILES string of the molecule is Nc1ccc(C(=O)N/N=C2\CC3C=CCC23)cc1. The summed E-state index contributed by atoms with van der Waals surface area (Å²) in [6.45, 7) is 0. The van der Waals surface area contributed by atoms with Gasteiger partial charge in [-0.1, -0.05) is 12.2 Å². The first kappa shape index (κ1) is 11.0. The lowest BCUT2D eigenvalue weighted by atomic mass is 9.74. The molecular formula is C14H15N3O. The van der Waals surface area contributed by atoms with Crippen LogP contribution in [-0.2, 0) is 0 Å². The largest absolute Gasteiger partial charge is 0.399 e. The van der Waals surface area contributed by atoms with E-state index in [0.29, 0.717) is 23.1 Å². The lowest BCUT2D eigenvalue weighted by Gasteiger charge is -2.31. The smallest absolute Gasteiger partial charge is 0.271 e. The molecule has 0 aromatic heterocycles. The number of hydrogen-bond donors (Lipinski definition) is 2. The normalized spacial score (nSPS) is 26.8. The Kier molecular flexibility index (Phi) is 2.63. The van der Waals surface area contributed by atoms with Gasteiger partial charge in [0.25, 0.3) is 5.91 Å². The lowest BCUT2D eigenvalue weighted by Crippen LogP contribution is -2.35. The van der Waals surface area contributed by atoms with E-state index in [1.54, 1.807) is 24.3 Å². The molecule has 2 aliphatic rings. The van der Waals surface area contributed by atoms with Crippen molar-refractivity contribution in [3.63, 3.8) is 0 Å². The molecule has 2 aliphatic carbocycles. The summed E-state index contributed by atoms with van der Waals surface area (Å²) < 4.78 is 0. The summed E-state index contributed by atoms with van der Waals surface area (Å²) in [5.74, 6) is 0.991. The van der Waals surface area contributed by atoms with Crippen molar-refractivity contribution in [1.29, 1.82) is 0 Å². The van der Waals surface area contributed by atoms with Gasteiger partial charge >= 0.3 is 0 Å². The summed E-state index contributed by atoms with van der Waals surface area (Å²) in [5, 5.41) is 4.22. The molecule has 92 valence electrons. The van der Waals surface area contributed by atoms with Crippen LogP contribution in [0.15, 0.2) is 41.5 Å². The molecule has 0 radical (unpaired) electrons. The quantitative estimate of drug-likeness (QED) is 0.472. The van der Waals surface area contributed by atoms with Crippen LogP contribution in [0.3, 0.4) is 0 Å². The molecule has 1 saturated carbocycles. The predicted octanol–water partition coefficient (Wildman–Crippen LogP) is 1.95. The van der Waals surface area contributed by atoms with Crippen LogP contribution >= 0.6 is 0 Å². The molecule has 4 nitrogen and oxygen atoms in total. The van der Waals surface area contributed by atoms with Crippen molar-refractivity contribution < 1.29 is 4.79 Å². The van der Waals surface area contributed by atoms with E-state index in [4.69, 9.17) is 5.73 Å². The summed E-state index contributed by atoms with van der Waals surface area (Å²) in [6, 6.07) is 6.82. The zero-order valence-corrected chi connectivity index (χ0v) is 9.97. The van der Waals surface area contributed by atoms with Crippen molar-refractivity contribution in [3.8, 4) is 0 Å². The number of carbonyl (C=O) groups excluding carboxylic acids is 1. The second-order valence-corrected chi connectivity index (χ2v) is 4.80. The Balaban J connectivity index is 1.62. The first-order valence-corrected chi connectivity index (χ1v) is 6.13. The number of nitrogen functional groups attached to an aromatic ring is 1. The molecule has 3 N–H and O–H groups in total. The molecule has 1 aromatic carbocycles. The number of anilines is 1. The molecule has 0 heterocycles. The maximum Gasteiger partial charge on any atom is 0.271 e. The van der Waals surface area contributed by atoms with Gasteiger partial charge < -0.3 is 5.73 Å². The van der Waals surface area contributed by atoms with Gasteiger partial charge in [-0.05, 0) is 43.0 Å². The lowest BCUT2D eigenvalue weighted by molar-refractivity contribution is 0.0954. The molecule has 2 unspecified atom stereocenters. The average molecular weight is 241 g/mol. The Bertz CT molecular complexity index is 530. The van der Waals surface area contributed by atoms with Crippen molar-refractivity contribution in [2.45, 2.75) is 12.8 Å². The molecule has 0 aliphatic heterocycles. The summed E-state index contributed by atoms with van der Waals surface area (Å²) in [6.07, 6.45) is 6.47. The van der Waals surface area contributed by atoms with Gasteiger partial charge in [0.1, 0.15) is 0 Å². The molecule has 1 fully saturated rings. The number of carbonyl (C=O) groups is 1. The zero-order valence-electron chi connectivity index (χ0n) is 9.97. The number of benzene rings is 1. The molecule has 0 bridgehead atoms. The Hall–Kier alpha value is -2.10. The van der Waals surface area contributed by atoms with E-state index >= 15 is 0 Å². The van der Waals surface area contributed by atoms with E-state index in [9.17, 15) is 4.79 Å². The number of fused-ring (bicyclic) bond motifs is 1. The second-order valence-electron chi connectivity index (χ2n) is 4.80. The fourth-order valence-corrected chi connectivity index (χ4v) is 2.48. The predicted molar refractivity (Wildman–Crippen MR) is 71.1 cm³/mol. The number of nitrogens with one attached hydrogen (secondary N) is 1. The third kappa shape index (κ3) is 1.90. The summed E-state index contributed by atoms with van der Waals surface area (Å²) in [7, 11) is 0. The van der Waals surface area contributed by atoms with Gasteiger partial charge in [0.15, 0.2) is 0 Å². The average Bonchev–Trinajstić information content (AvgIpc) is 2.72. The van der Waals surface area contributed by atoms with Gasteiger partial charge in [-0.2, -0.15) is 5.10 Å². The van der Waals surface area contributed by atoms with E-state index < -0.39 is 0 Å². The number of allylic oxidation sites excluding steroid dienone is 2. The Morgan fingerprint density at radius 3 is 2.83 bits per heavy atom. The fraction of sp³-hybridized carbons (Fsp3) is 0.286. The molecule has 0 saturated heterocycles. The van der Waals surface area contributed by atoms with Crippen molar-refractivity contribution in [3.05, 3.63) is 42.0 Å². The van der Waals surface area contributed by atoms with Gasteiger partial charge in [0.05, 0.1) is 0 Å². The van der Waals surface area contributed by atoms with E-state index in [-0.39, 0.29) is 5.91 Å². The van der Waals surface area contributed by atoms with Crippen LogP contribution in [0.2, 0.25) is 0 Å². The van der Waals surface area contributed by atoms with Gasteiger partial charge in [-0.15, -0.1) is 0 Å². The first-order valence-electron chi connectivity index (χ1n) is 6.13. The number of rotatable bonds is 2. The molecular weight excluding hydrogens is 226 g/mol. The van der Waals surface area contributed by atoms with Gasteiger partial charge in [0.2, 0.25) is 0 Å². The maximum absolute atomic E-state index is 11.8. The topological polar surface area (TPSA) is 67.5 Å². The van der Waals surface area contributed by atoms with Crippen LogP contribution < -0.4 is 11.2 Å². The van der Waals surface area contributed by atoms with Crippen LogP contribution in [-0.4, -0.2) is 11.6 Å². The van der Waals surface area contributed by atoms with E-state index in [1.807, 2.05) is 0 Å². The number of hydrazone groups is 1. The molecule has 3 rings (SSSR count). The van der Waals surface area contributed by atoms with Gasteiger partial charge in [-0.3, -0.25) is 4.79 Å². The Labute approximate surface area is 106 Å². The molecule has 0 spiro atoms. The third-order valence-corrected chi connectivity index (χ3v) is 3.64. The monoisotopic (exact) mass is 241 g/mol. The zero-order chi connectivity index (χ0) is 12.5. The molecule has 2 atom stereocenters. The fourth-order valence-electron chi connectivity index (χ4n) is 2.48. The first-order chi connectivity index (χ1) is 8.74. The van der Waals surface area contributed by atoms with Crippen LogP contribution in [0.5, 0.6) is 0 Å². The van der Waals surface area contributed by atoms with Crippen LogP contribution in [0.4, 0.5) is 5.69 Å². The van der Waals surface area contributed by atoms with Crippen LogP contribution in [0.1, 0.15) is 23.2 Å². The highest BCUT2D eigenvalue weighted by Crippen LogP contribution is 2.40. The standard InChI is InChI=1S/C14H15N3O/c15-11-6-4-9(5-7-11)14(18)17-16-13-8-10-2-1-3-12(10)13/h1-2,4-7,10,12H,3,8,15H2,(H,17,18)/b16-13+. The highest BCUT2D eigenvalue weighted by atomic mass is 16.2. The van der Waals surface area contributed by atoms with Crippen molar-refractivity contribution >= 4 is 17.3 Å². The highest BCUT2D eigenvalue weighted by molar-refractivity contribution is 5.98. The number of nitrogens with two attached hydrogens (primary N) is 1.